The van der Waals surface area contributed by atoms with E-state index in [9.17, 15) is 24.8 Å². The number of hydrogen-bond donors (Lipinski definition) is 2. The van der Waals surface area contributed by atoms with Gasteiger partial charge in [-0.3, -0.25) is 19.7 Å². The van der Waals surface area contributed by atoms with Gasteiger partial charge in [0.25, 0.3) is 11.6 Å². The number of nitro benzene ring substituents is 1. The highest BCUT2D eigenvalue weighted by atomic mass is 16.6. The summed E-state index contributed by atoms with van der Waals surface area (Å²) in [5.41, 5.74) is 0.133. The molecule has 0 aliphatic carbocycles. The summed E-state index contributed by atoms with van der Waals surface area (Å²) >= 11 is 0. The van der Waals surface area contributed by atoms with Crippen LogP contribution in [0.1, 0.15) is 30.6 Å². The van der Waals surface area contributed by atoms with E-state index in [-0.39, 0.29) is 29.4 Å². The molecule has 26 heavy (non-hydrogen) atoms. The molecule has 0 radical (unpaired) electrons. The van der Waals surface area contributed by atoms with E-state index in [2.05, 4.69) is 10.3 Å². The Morgan fingerprint density at radius 2 is 2.12 bits per heavy atom. The first-order valence-corrected chi connectivity index (χ1v) is 8.07. The van der Waals surface area contributed by atoms with Crippen molar-refractivity contribution in [3.63, 3.8) is 0 Å². The molecule has 1 aromatic carbocycles. The average Bonchev–Trinajstić information content (AvgIpc) is 3.11. The van der Waals surface area contributed by atoms with Gasteiger partial charge in [0, 0.05) is 30.6 Å². The third-order valence-electron chi connectivity index (χ3n) is 3.83. The Morgan fingerprint density at radius 3 is 2.65 bits per heavy atom. The second kappa shape index (κ2) is 8.24. The van der Waals surface area contributed by atoms with Gasteiger partial charge in [0.15, 0.2) is 0 Å². The van der Waals surface area contributed by atoms with Gasteiger partial charge in [0.05, 0.1) is 17.2 Å². The number of aliphatic carboxylic acids is 1. The Morgan fingerprint density at radius 1 is 1.38 bits per heavy atom. The van der Waals surface area contributed by atoms with Crippen molar-refractivity contribution < 1.29 is 19.6 Å². The molecular weight excluding hydrogens is 340 g/mol. The maximum atomic E-state index is 12.3. The van der Waals surface area contributed by atoms with Crippen molar-refractivity contribution in [3.05, 3.63) is 52.6 Å². The fourth-order valence-corrected chi connectivity index (χ4v) is 2.59. The van der Waals surface area contributed by atoms with Crippen LogP contribution in [0.25, 0.3) is 5.69 Å². The van der Waals surface area contributed by atoms with E-state index in [0.29, 0.717) is 6.42 Å². The van der Waals surface area contributed by atoms with Crippen LogP contribution in [0.2, 0.25) is 0 Å². The Labute approximate surface area is 149 Å². The summed E-state index contributed by atoms with van der Waals surface area (Å²) in [5.74, 6) is -2.08. The van der Waals surface area contributed by atoms with E-state index in [1.165, 1.54) is 35.3 Å². The Balaban J connectivity index is 2.18. The van der Waals surface area contributed by atoms with Gasteiger partial charge in [-0.25, -0.2) is 4.98 Å². The minimum atomic E-state index is -0.986. The molecular formula is C17H20N4O5. The zero-order valence-electron chi connectivity index (χ0n) is 14.5. The lowest BCUT2D eigenvalue weighted by Crippen LogP contribution is -2.33. The summed E-state index contributed by atoms with van der Waals surface area (Å²) in [6.07, 6.45) is 4.90. The smallest absolute Gasteiger partial charge is 0.308 e. The molecule has 0 saturated carbocycles. The van der Waals surface area contributed by atoms with E-state index in [1.807, 2.05) is 13.8 Å². The molecule has 1 amide bonds. The van der Waals surface area contributed by atoms with Crippen LogP contribution < -0.4 is 5.32 Å². The zero-order chi connectivity index (χ0) is 19.3. The highest BCUT2D eigenvalue weighted by Gasteiger charge is 2.22. The number of carboxylic acids is 1. The molecule has 1 atom stereocenters. The third-order valence-corrected chi connectivity index (χ3v) is 3.83. The molecule has 0 fully saturated rings. The summed E-state index contributed by atoms with van der Waals surface area (Å²) in [7, 11) is 0. The van der Waals surface area contributed by atoms with Gasteiger partial charge in [-0.15, -0.1) is 0 Å². The number of nitro groups is 1. The highest BCUT2D eigenvalue weighted by Crippen LogP contribution is 2.24. The lowest BCUT2D eigenvalue weighted by atomic mass is 9.97. The molecule has 9 nitrogen and oxygen atoms in total. The van der Waals surface area contributed by atoms with Crippen LogP contribution >= 0.6 is 0 Å². The second-order valence-corrected chi connectivity index (χ2v) is 6.31. The molecule has 2 aromatic rings. The topological polar surface area (TPSA) is 127 Å². The zero-order valence-corrected chi connectivity index (χ0v) is 14.5. The van der Waals surface area contributed by atoms with Gasteiger partial charge < -0.3 is 15.0 Å². The Bertz CT molecular complexity index is 801. The molecule has 9 heteroatoms. The number of rotatable bonds is 8. The molecule has 1 aromatic heterocycles. The van der Waals surface area contributed by atoms with Gasteiger partial charge in [-0.2, -0.15) is 0 Å². The molecule has 0 bridgehead atoms. The van der Waals surface area contributed by atoms with E-state index in [4.69, 9.17) is 0 Å². The van der Waals surface area contributed by atoms with Crippen LogP contribution in [0.15, 0.2) is 36.9 Å². The largest absolute Gasteiger partial charge is 0.481 e. The minimum Gasteiger partial charge on any atom is -0.481 e. The van der Waals surface area contributed by atoms with Crippen LogP contribution in [-0.2, 0) is 4.79 Å². The Hall–Kier alpha value is -3.23. The number of amides is 1. The first kappa shape index (κ1) is 19.1. The number of aromatic nitrogens is 2. The first-order chi connectivity index (χ1) is 12.3. The van der Waals surface area contributed by atoms with Crippen LogP contribution in [0.4, 0.5) is 5.69 Å². The van der Waals surface area contributed by atoms with Crippen LogP contribution in [0, 0.1) is 22.0 Å². The number of imidazole rings is 1. The molecule has 0 spiro atoms. The van der Waals surface area contributed by atoms with Crippen molar-refractivity contribution >= 4 is 17.6 Å². The summed E-state index contributed by atoms with van der Waals surface area (Å²) in [5, 5.41) is 23.1. The first-order valence-electron chi connectivity index (χ1n) is 8.07. The number of carboxylic acid groups (broad SMARTS) is 1. The van der Waals surface area contributed by atoms with E-state index >= 15 is 0 Å². The van der Waals surface area contributed by atoms with Crippen LogP contribution in [0.5, 0.6) is 0 Å². The predicted molar refractivity (Wildman–Crippen MR) is 93.1 cm³/mol. The van der Waals surface area contributed by atoms with E-state index < -0.39 is 22.7 Å². The van der Waals surface area contributed by atoms with Crippen molar-refractivity contribution in [2.45, 2.75) is 20.3 Å². The van der Waals surface area contributed by atoms with Crippen LogP contribution in [-0.4, -0.2) is 38.0 Å². The molecule has 0 saturated heterocycles. The van der Waals surface area contributed by atoms with Gasteiger partial charge in [0.2, 0.25) is 0 Å². The fraction of sp³-hybridized carbons (Fsp3) is 0.353. The SMILES string of the molecule is CC(C)CC(CNC(=O)c1ccc(-n2ccnc2)c([N+](=O)[O-])c1)C(=O)O. The van der Waals surface area contributed by atoms with Gasteiger partial charge in [-0.05, 0) is 24.5 Å². The monoisotopic (exact) mass is 360 g/mol. The summed E-state index contributed by atoms with van der Waals surface area (Å²) < 4.78 is 1.48. The predicted octanol–water partition coefficient (Wildman–Crippen LogP) is 2.26. The van der Waals surface area contributed by atoms with Crippen molar-refractivity contribution in [2.24, 2.45) is 11.8 Å². The van der Waals surface area contributed by atoms with E-state index in [1.54, 1.807) is 6.20 Å². The van der Waals surface area contributed by atoms with Gasteiger partial charge in [-0.1, -0.05) is 13.8 Å². The van der Waals surface area contributed by atoms with Crippen molar-refractivity contribution in [2.75, 3.05) is 6.54 Å². The summed E-state index contributed by atoms with van der Waals surface area (Å²) in [6.45, 7) is 3.76. The van der Waals surface area contributed by atoms with Gasteiger partial charge >= 0.3 is 5.97 Å². The average molecular weight is 360 g/mol. The fourth-order valence-electron chi connectivity index (χ4n) is 2.59. The van der Waals surface area contributed by atoms with Gasteiger partial charge in [0.1, 0.15) is 5.69 Å². The quantitative estimate of drug-likeness (QED) is 0.549. The van der Waals surface area contributed by atoms with Crippen LogP contribution in [0.3, 0.4) is 0 Å². The lowest BCUT2D eigenvalue weighted by molar-refractivity contribution is -0.384. The standard InChI is InChI=1S/C17H20N4O5/c1-11(2)7-13(17(23)24)9-19-16(22)12-3-4-14(15(8-12)21(25)26)20-6-5-18-10-20/h3-6,8,10-11,13H,7,9H2,1-2H3,(H,19,22)(H,23,24). The molecule has 0 aliphatic heterocycles. The molecule has 1 heterocycles. The second-order valence-electron chi connectivity index (χ2n) is 6.31. The number of benzene rings is 1. The third kappa shape index (κ3) is 4.65. The van der Waals surface area contributed by atoms with Crippen molar-refractivity contribution in [1.82, 2.24) is 14.9 Å². The molecule has 2 rings (SSSR count). The number of hydrogen-bond acceptors (Lipinski definition) is 5. The highest BCUT2D eigenvalue weighted by molar-refractivity contribution is 5.95. The summed E-state index contributed by atoms with van der Waals surface area (Å²) in [6, 6.07) is 4.08. The number of nitrogens with zero attached hydrogens (tertiary/aromatic N) is 3. The maximum absolute atomic E-state index is 12.3. The molecule has 1 unspecified atom stereocenters. The minimum absolute atomic E-state index is 0.0383. The molecule has 2 N–H and O–H groups in total. The molecule has 0 aliphatic rings. The van der Waals surface area contributed by atoms with Crippen molar-refractivity contribution in [3.8, 4) is 5.69 Å². The number of carbonyl (C=O) groups excluding carboxylic acids is 1. The maximum Gasteiger partial charge on any atom is 0.308 e. The normalized spacial score (nSPS) is 12.0. The summed E-state index contributed by atoms with van der Waals surface area (Å²) in [4.78, 5) is 38.1. The lowest BCUT2D eigenvalue weighted by Gasteiger charge is -2.15. The molecule has 138 valence electrons. The Kier molecular flexibility index (Phi) is 6.05. The van der Waals surface area contributed by atoms with Crippen molar-refractivity contribution in [1.29, 1.82) is 0 Å². The number of carbonyl (C=O) groups is 2. The number of nitrogens with one attached hydrogen (secondary N) is 1. The van der Waals surface area contributed by atoms with E-state index in [0.717, 1.165) is 0 Å².